The minimum atomic E-state index is -0.975. The number of esters is 1. The number of carbonyl (C=O) groups excluding carboxylic acids is 2. The first-order valence-electron chi connectivity index (χ1n) is 12.3. The number of amides is 1. The molecule has 1 amide bonds. The van der Waals surface area contributed by atoms with Crippen LogP contribution >= 0.6 is 0 Å². The normalized spacial score (nSPS) is 13.2. The lowest BCUT2D eigenvalue weighted by atomic mass is 9.98. The molecule has 0 radical (unpaired) electrons. The highest BCUT2D eigenvalue weighted by Crippen LogP contribution is 2.44. The number of rotatable bonds is 8. The van der Waals surface area contributed by atoms with Crippen molar-refractivity contribution in [2.45, 2.75) is 44.8 Å². The van der Waals surface area contributed by atoms with Gasteiger partial charge in [0, 0.05) is 18.4 Å². The smallest absolute Gasteiger partial charge is 0.407 e. The minimum Gasteiger partial charge on any atom is -0.497 e. The molecule has 7 nitrogen and oxygen atoms in total. The number of nitrogens with one attached hydrogen (secondary N) is 1. The number of hydrogen-bond acceptors (Lipinski definition) is 6. The quantitative estimate of drug-likeness (QED) is 0.409. The predicted molar refractivity (Wildman–Crippen MR) is 141 cm³/mol. The lowest BCUT2D eigenvalue weighted by Crippen LogP contribution is -2.46. The van der Waals surface area contributed by atoms with E-state index in [0.29, 0.717) is 11.5 Å². The molecule has 1 aliphatic rings. The molecule has 3 aromatic carbocycles. The van der Waals surface area contributed by atoms with Gasteiger partial charge in [0.1, 0.15) is 29.7 Å². The van der Waals surface area contributed by atoms with E-state index >= 15 is 0 Å². The average molecular weight is 504 g/mol. The van der Waals surface area contributed by atoms with Crippen LogP contribution in [0.5, 0.6) is 11.5 Å². The van der Waals surface area contributed by atoms with Gasteiger partial charge in [-0.3, -0.25) is 0 Å². The molecule has 3 aromatic rings. The SMILES string of the molecule is COc1ccc(C[C@H](NC(=O)OCC2c3ccccc3-c3ccccc32)C(=O)OC(C)(C)C)c(OC)c1. The molecule has 0 heterocycles. The van der Waals surface area contributed by atoms with Crippen LogP contribution in [0.2, 0.25) is 0 Å². The van der Waals surface area contributed by atoms with Gasteiger partial charge in [0.05, 0.1) is 14.2 Å². The van der Waals surface area contributed by atoms with Crippen molar-refractivity contribution in [1.82, 2.24) is 5.32 Å². The molecule has 7 heteroatoms. The molecular weight excluding hydrogens is 470 g/mol. The Morgan fingerprint density at radius 2 is 1.51 bits per heavy atom. The van der Waals surface area contributed by atoms with Crippen LogP contribution in [-0.4, -0.2) is 44.5 Å². The van der Waals surface area contributed by atoms with Crippen molar-refractivity contribution >= 4 is 12.1 Å². The Balaban J connectivity index is 1.50. The molecule has 0 unspecified atom stereocenters. The Hall–Kier alpha value is -4.00. The van der Waals surface area contributed by atoms with Crippen LogP contribution < -0.4 is 14.8 Å². The fourth-order valence-electron chi connectivity index (χ4n) is 4.59. The summed E-state index contributed by atoms with van der Waals surface area (Å²) < 4.78 is 22.0. The van der Waals surface area contributed by atoms with Crippen molar-refractivity contribution in [3.63, 3.8) is 0 Å². The Kier molecular flexibility index (Phi) is 7.71. The second kappa shape index (κ2) is 10.9. The monoisotopic (exact) mass is 503 g/mol. The van der Waals surface area contributed by atoms with Gasteiger partial charge < -0.3 is 24.3 Å². The van der Waals surface area contributed by atoms with E-state index in [1.54, 1.807) is 53.2 Å². The van der Waals surface area contributed by atoms with Crippen molar-refractivity contribution in [1.29, 1.82) is 0 Å². The molecule has 37 heavy (non-hydrogen) atoms. The summed E-state index contributed by atoms with van der Waals surface area (Å²) in [7, 11) is 3.11. The van der Waals surface area contributed by atoms with Gasteiger partial charge in [-0.2, -0.15) is 0 Å². The van der Waals surface area contributed by atoms with E-state index < -0.39 is 23.7 Å². The average Bonchev–Trinajstić information content (AvgIpc) is 3.20. The molecular formula is C30H33NO6. The number of benzene rings is 3. The van der Waals surface area contributed by atoms with Crippen LogP contribution in [-0.2, 0) is 20.7 Å². The van der Waals surface area contributed by atoms with Crippen LogP contribution in [0.1, 0.15) is 43.4 Å². The van der Waals surface area contributed by atoms with Crippen molar-refractivity contribution in [2.24, 2.45) is 0 Å². The van der Waals surface area contributed by atoms with Gasteiger partial charge in [0.25, 0.3) is 0 Å². The minimum absolute atomic E-state index is 0.0835. The zero-order valence-electron chi connectivity index (χ0n) is 21.9. The molecule has 194 valence electrons. The third-order valence-corrected chi connectivity index (χ3v) is 6.25. The van der Waals surface area contributed by atoms with Gasteiger partial charge in [-0.1, -0.05) is 54.6 Å². The van der Waals surface area contributed by atoms with Crippen molar-refractivity contribution in [3.8, 4) is 22.6 Å². The maximum absolute atomic E-state index is 13.1. The third-order valence-electron chi connectivity index (χ3n) is 6.25. The molecule has 0 spiro atoms. The predicted octanol–water partition coefficient (Wildman–Crippen LogP) is 5.50. The van der Waals surface area contributed by atoms with Gasteiger partial charge in [0.15, 0.2) is 0 Å². The largest absolute Gasteiger partial charge is 0.497 e. The summed E-state index contributed by atoms with van der Waals surface area (Å²) in [5.41, 5.74) is 4.52. The molecule has 0 fully saturated rings. The van der Waals surface area contributed by atoms with Gasteiger partial charge in [-0.15, -0.1) is 0 Å². The fraction of sp³-hybridized carbons (Fsp3) is 0.333. The zero-order valence-corrected chi connectivity index (χ0v) is 21.9. The number of ether oxygens (including phenoxy) is 4. The summed E-state index contributed by atoms with van der Waals surface area (Å²) in [5, 5.41) is 2.72. The van der Waals surface area contributed by atoms with E-state index in [4.69, 9.17) is 18.9 Å². The second-order valence-corrected chi connectivity index (χ2v) is 9.94. The summed E-state index contributed by atoms with van der Waals surface area (Å²) in [4.78, 5) is 26.0. The maximum Gasteiger partial charge on any atom is 0.407 e. The van der Waals surface area contributed by atoms with E-state index in [0.717, 1.165) is 27.8 Å². The van der Waals surface area contributed by atoms with E-state index in [1.165, 1.54) is 0 Å². The molecule has 0 aliphatic heterocycles. The summed E-state index contributed by atoms with van der Waals surface area (Å²) in [6.07, 6.45) is -0.531. The standard InChI is InChI=1S/C30H33NO6/c1-30(2,3)37-28(32)26(16-19-14-15-20(34-4)17-27(19)35-5)31-29(33)36-18-25-23-12-8-6-10-21(23)22-11-7-9-13-24(22)25/h6-15,17,25-26H,16,18H2,1-5H3,(H,31,33)/t26-/m0/s1. The van der Waals surface area contributed by atoms with E-state index in [-0.39, 0.29) is 18.9 Å². The molecule has 4 rings (SSSR count). The second-order valence-electron chi connectivity index (χ2n) is 9.94. The van der Waals surface area contributed by atoms with Crippen molar-refractivity contribution in [3.05, 3.63) is 83.4 Å². The number of hydrogen-bond donors (Lipinski definition) is 1. The van der Waals surface area contributed by atoms with E-state index in [9.17, 15) is 9.59 Å². The Morgan fingerprint density at radius 3 is 2.08 bits per heavy atom. The van der Waals surface area contributed by atoms with Gasteiger partial charge >= 0.3 is 12.1 Å². The zero-order chi connectivity index (χ0) is 26.6. The number of alkyl carbamates (subject to hydrolysis) is 1. The van der Waals surface area contributed by atoms with Crippen LogP contribution in [0.25, 0.3) is 11.1 Å². The summed E-state index contributed by atoms with van der Waals surface area (Å²) in [6, 6.07) is 20.6. The van der Waals surface area contributed by atoms with Crippen LogP contribution in [0.15, 0.2) is 66.7 Å². The van der Waals surface area contributed by atoms with Crippen LogP contribution in [0.3, 0.4) is 0 Å². The fourth-order valence-corrected chi connectivity index (χ4v) is 4.59. The third kappa shape index (κ3) is 6.05. The molecule has 0 saturated heterocycles. The summed E-state index contributed by atoms with van der Waals surface area (Å²) >= 11 is 0. The summed E-state index contributed by atoms with van der Waals surface area (Å²) in [5.74, 6) is 0.528. The Labute approximate surface area is 217 Å². The van der Waals surface area contributed by atoms with Gasteiger partial charge in [-0.25, -0.2) is 9.59 Å². The topological polar surface area (TPSA) is 83.1 Å². The van der Waals surface area contributed by atoms with Gasteiger partial charge in [0.2, 0.25) is 0 Å². The number of carbonyl (C=O) groups is 2. The highest BCUT2D eigenvalue weighted by atomic mass is 16.6. The van der Waals surface area contributed by atoms with Crippen molar-refractivity contribution in [2.75, 3.05) is 20.8 Å². The molecule has 0 saturated carbocycles. The molecule has 1 aliphatic carbocycles. The Bertz CT molecular complexity index is 1230. The number of methoxy groups -OCH3 is 2. The first-order valence-corrected chi connectivity index (χ1v) is 12.3. The van der Waals surface area contributed by atoms with E-state index in [2.05, 4.69) is 29.6 Å². The summed E-state index contributed by atoms with van der Waals surface area (Å²) in [6.45, 7) is 5.49. The highest BCUT2D eigenvalue weighted by molar-refractivity contribution is 5.82. The molecule has 1 N–H and O–H groups in total. The Morgan fingerprint density at radius 1 is 0.892 bits per heavy atom. The lowest BCUT2D eigenvalue weighted by molar-refractivity contribution is -0.157. The maximum atomic E-state index is 13.1. The molecule has 0 aromatic heterocycles. The number of fused-ring (bicyclic) bond motifs is 3. The van der Waals surface area contributed by atoms with Crippen LogP contribution in [0, 0.1) is 0 Å². The van der Waals surface area contributed by atoms with Crippen LogP contribution in [0.4, 0.5) is 4.79 Å². The first-order chi connectivity index (χ1) is 17.7. The molecule has 1 atom stereocenters. The lowest BCUT2D eigenvalue weighted by Gasteiger charge is -2.25. The van der Waals surface area contributed by atoms with E-state index in [1.807, 2.05) is 24.3 Å². The first kappa shape index (κ1) is 26.1. The highest BCUT2D eigenvalue weighted by Gasteiger charge is 2.31. The van der Waals surface area contributed by atoms with Crippen molar-refractivity contribution < 1.29 is 28.5 Å². The molecule has 0 bridgehead atoms. The van der Waals surface area contributed by atoms with Gasteiger partial charge in [-0.05, 0) is 54.7 Å².